The van der Waals surface area contributed by atoms with E-state index >= 15 is 0 Å². The largest absolute Gasteiger partial charge is 0.369 e. The number of nitrogens with zero attached hydrogens (tertiary/aromatic N) is 2. The van der Waals surface area contributed by atoms with Gasteiger partial charge in [-0.2, -0.15) is 0 Å². The van der Waals surface area contributed by atoms with Gasteiger partial charge >= 0.3 is 0 Å². The normalized spacial score (nSPS) is 11.4. The molecule has 0 saturated heterocycles. The lowest BCUT2D eigenvalue weighted by molar-refractivity contribution is 1.23. The molecule has 25 heavy (non-hydrogen) atoms. The molecule has 3 heteroatoms. The van der Waals surface area contributed by atoms with Crippen LogP contribution in [-0.4, -0.2) is 5.96 Å². The van der Waals surface area contributed by atoms with E-state index in [-0.39, 0.29) is 0 Å². The molecule has 0 spiro atoms. The van der Waals surface area contributed by atoms with Crippen molar-refractivity contribution in [2.45, 2.75) is 20.8 Å². The first-order chi connectivity index (χ1) is 12.1. The Labute approximate surface area is 149 Å². The Bertz CT molecular complexity index is 867. The van der Waals surface area contributed by atoms with E-state index < -0.39 is 0 Å². The van der Waals surface area contributed by atoms with Gasteiger partial charge in [-0.15, -0.1) is 0 Å². The van der Waals surface area contributed by atoms with Crippen LogP contribution in [0.5, 0.6) is 0 Å². The average Bonchev–Trinajstić information content (AvgIpc) is 2.60. The van der Waals surface area contributed by atoms with Crippen molar-refractivity contribution in [1.82, 2.24) is 0 Å². The fraction of sp³-hybridized carbons (Fsp3) is 0.136. The van der Waals surface area contributed by atoms with Crippen molar-refractivity contribution in [3.8, 4) is 0 Å². The Kier molecular flexibility index (Phi) is 4.85. The maximum Gasteiger partial charge on any atom is 0.205 e. The highest BCUT2D eigenvalue weighted by Gasteiger charge is 2.17. The van der Waals surface area contributed by atoms with Crippen molar-refractivity contribution < 1.29 is 0 Å². The highest BCUT2D eigenvalue weighted by atomic mass is 15.3. The first kappa shape index (κ1) is 16.8. The van der Waals surface area contributed by atoms with E-state index in [2.05, 4.69) is 38.1 Å². The molecule has 2 N–H and O–H groups in total. The smallest absolute Gasteiger partial charge is 0.205 e. The van der Waals surface area contributed by atoms with Gasteiger partial charge in [-0.3, -0.25) is 4.90 Å². The predicted octanol–water partition coefficient (Wildman–Crippen LogP) is 5.40. The zero-order valence-electron chi connectivity index (χ0n) is 14.9. The molecule has 3 aromatic carbocycles. The number of hydrogen-bond acceptors (Lipinski definition) is 1. The molecule has 0 atom stereocenters. The highest BCUT2D eigenvalue weighted by molar-refractivity contribution is 6.04. The first-order valence-electron chi connectivity index (χ1n) is 8.39. The summed E-state index contributed by atoms with van der Waals surface area (Å²) in [7, 11) is 0. The molecule has 0 heterocycles. The third kappa shape index (κ3) is 3.56. The number of aliphatic imine (C=N–C) groups is 1. The lowest BCUT2D eigenvalue weighted by Gasteiger charge is -2.27. The maximum atomic E-state index is 6.50. The zero-order chi connectivity index (χ0) is 17.8. The SMILES string of the molecule is Cc1ccccc1N=C(N)N(c1ccccc1C)c1ccccc1C. The number of nitrogens with two attached hydrogens (primary N) is 1. The van der Waals surface area contributed by atoms with Crippen LogP contribution in [0.15, 0.2) is 77.8 Å². The first-order valence-corrected chi connectivity index (χ1v) is 8.39. The van der Waals surface area contributed by atoms with Crippen LogP contribution >= 0.6 is 0 Å². The van der Waals surface area contributed by atoms with Crippen LogP contribution in [0.25, 0.3) is 0 Å². The fourth-order valence-corrected chi connectivity index (χ4v) is 2.87. The standard InChI is InChI=1S/C22H23N3/c1-16-10-4-7-13-19(16)24-22(23)25(20-14-8-5-11-17(20)2)21-15-9-6-12-18(21)3/h4-15H,1-3H3,(H2,23,24). The Hall–Kier alpha value is -3.07. The molecule has 0 amide bonds. The van der Waals surface area contributed by atoms with Crippen molar-refractivity contribution in [2.75, 3.05) is 4.90 Å². The summed E-state index contributed by atoms with van der Waals surface area (Å²) in [6.45, 7) is 6.21. The fourth-order valence-electron chi connectivity index (χ4n) is 2.87. The van der Waals surface area contributed by atoms with Crippen LogP contribution in [0.1, 0.15) is 16.7 Å². The molecule has 0 aliphatic carbocycles. The minimum absolute atomic E-state index is 0.456. The summed E-state index contributed by atoms with van der Waals surface area (Å²) < 4.78 is 0. The molecule has 0 aliphatic rings. The summed E-state index contributed by atoms with van der Waals surface area (Å²) in [5.74, 6) is 0.456. The molecule has 0 aromatic heterocycles. The second-order valence-corrected chi connectivity index (χ2v) is 6.16. The van der Waals surface area contributed by atoms with Gasteiger partial charge in [0, 0.05) is 0 Å². The number of guanidine groups is 1. The number of para-hydroxylation sites is 3. The summed E-state index contributed by atoms with van der Waals surface area (Å²) in [5, 5.41) is 0. The molecule has 0 bridgehead atoms. The van der Waals surface area contributed by atoms with Gasteiger partial charge in [0.15, 0.2) is 0 Å². The quantitative estimate of drug-likeness (QED) is 0.516. The maximum absolute atomic E-state index is 6.50. The summed E-state index contributed by atoms with van der Waals surface area (Å²) in [6, 6.07) is 24.4. The van der Waals surface area contributed by atoms with E-state index in [9.17, 15) is 0 Å². The number of hydrogen-bond donors (Lipinski definition) is 1. The highest BCUT2D eigenvalue weighted by Crippen LogP contribution is 2.31. The van der Waals surface area contributed by atoms with Gasteiger partial charge in [-0.25, -0.2) is 4.99 Å². The lowest BCUT2D eigenvalue weighted by Crippen LogP contribution is -2.34. The molecule has 0 saturated carbocycles. The van der Waals surface area contributed by atoms with Crippen LogP contribution in [-0.2, 0) is 0 Å². The number of aryl methyl sites for hydroxylation is 3. The summed E-state index contributed by atoms with van der Waals surface area (Å²) in [6.07, 6.45) is 0. The lowest BCUT2D eigenvalue weighted by atomic mass is 10.1. The second-order valence-electron chi connectivity index (χ2n) is 6.16. The summed E-state index contributed by atoms with van der Waals surface area (Å²) >= 11 is 0. The molecular formula is C22H23N3. The minimum Gasteiger partial charge on any atom is -0.369 e. The predicted molar refractivity (Wildman–Crippen MR) is 107 cm³/mol. The van der Waals surface area contributed by atoms with Gasteiger partial charge in [0.2, 0.25) is 5.96 Å². The van der Waals surface area contributed by atoms with Crippen LogP contribution in [0.3, 0.4) is 0 Å². The number of rotatable bonds is 3. The van der Waals surface area contributed by atoms with Crippen molar-refractivity contribution in [2.24, 2.45) is 10.7 Å². The zero-order valence-corrected chi connectivity index (χ0v) is 14.9. The van der Waals surface area contributed by atoms with Gasteiger partial charge < -0.3 is 5.73 Å². The second kappa shape index (κ2) is 7.22. The molecular weight excluding hydrogens is 306 g/mol. The average molecular weight is 329 g/mol. The Morgan fingerprint density at radius 3 is 1.60 bits per heavy atom. The summed E-state index contributed by atoms with van der Waals surface area (Å²) in [5.41, 5.74) is 12.8. The van der Waals surface area contributed by atoms with Crippen molar-refractivity contribution in [1.29, 1.82) is 0 Å². The molecule has 0 aliphatic heterocycles. The third-order valence-electron chi connectivity index (χ3n) is 4.29. The Balaban J connectivity index is 2.17. The van der Waals surface area contributed by atoms with Crippen molar-refractivity contribution >= 4 is 23.0 Å². The topological polar surface area (TPSA) is 41.6 Å². The molecule has 126 valence electrons. The molecule has 3 nitrogen and oxygen atoms in total. The molecule has 0 radical (unpaired) electrons. The molecule has 0 unspecified atom stereocenters. The van der Waals surface area contributed by atoms with Gasteiger partial charge in [0.05, 0.1) is 17.1 Å². The molecule has 3 rings (SSSR count). The van der Waals surface area contributed by atoms with Crippen molar-refractivity contribution in [3.05, 3.63) is 89.5 Å². The van der Waals surface area contributed by atoms with Gasteiger partial charge in [0.25, 0.3) is 0 Å². The van der Waals surface area contributed by atoms with Gasteiger partial charge in [-0.05, 0) is 55.7 Å². The monoisotopic (exact) mass is 329 g/mol. The summed E-state index contributed by atoms with van der Waals surface area (Å²) in [4.78, 5) is 6.74. The Morgan fingerprint density at radius 2 is 1.12 bits per heavy atom. The van der Waals surface area contributed by atoms with Gasteiger partial charge in [-0.1, -0.05) is 54.6 Å². The van der Waals surface area contributed by atoms with Crippen LogP contribution in [0.4, 0.5) is 17.1 Å². The Morgan fingerprint density at radius 1 is 0.680 bits per heavy atom. The number of anilines is 2. The number of benzene rings is 3. The van der Waals surface area contributed by atoms with Crippen LogP contribution in [0.2, 0.25) is 0 Å². The van der Waals surface area contributed by atoms with E-state index in [4.69, 9.17) is 10.7 Å². The van der Waals surface area contributed by atoms with E-state index in [0.29, 0.717) is 5.96 Å². The molecule has 3 aromatic rings. The van der Waals surface area contributed by atoms with E-state index in [0.717, 1.165) is 33.8 Å². The van der Waals surface area contributed by atoms with Crippen LogP contribution < -0.4 is 10.6 Å². The van der Waals surface area contributed by atoms with E-state index in [1.54, 1.807) is 0 Å². The van der Waals surface area contributed by atoms with E-state index in [1.807, 2.05) is 60.4 Å². The van der Waals surface area contributed by atoms with E-state index in [1.165, 1.54) is 0 Å². The van der Waals surface area contributed by atoms with Gasteiger partial charge in [0.1, 0.15) is 0 Å². The third-order valence-corrected chi connectivity index (χ3v) is 4.29. The van der Waals surface area contributed by atoms with Crippen molar-refractivity contribution in [3.63, 3.8) is 0 Å². The van der Waals surface area contributed by atoms with Crippen LogP contribution in [0, 0.1) is 20.8 Å². The molecule has 0 fully saturated rings. The minimum atomic E-state index is 0.456.